The highest BCUT2D eigenvalue weighted by atomic mass is 32.1. The maximum Gasteiger partial charge on any atom is 0.256 e. The lowest BCUT2D eigenvalue weighted by atomic mass is 10.2. The average Bonchev–Trinajstić information content (AvgIpc) is 3.02. The first-order valence-electron chi connectivity index (χ1n) is 5.68. The highest BCUT2D eigenvalue weighted by molar-refractivity contribution is 7.12. The van der Waals surface area contributed by atoms with Crippen LogP contribution in [0.3, 0.4) is 0 Å². The standard InChI is InChI=1S/C13H13N3O2S/c1-9-12(8-16-18-9)13(17)15-7-11-5-4-10(19-11)3-2-6-14/h4-5,8H,6-7,14H2,1H3,(H,15,17). The van der Waals surface area contributed by atoms with Gasteiger partial charge in [-0.25, -0.2) is 0 Å². The number of aryl methyl sites for hydroxylation is 1. The molecule has 0 saturated heterocycles. The lowest BCUT2D eigenvalue weighted by molar-refractivity contribution is 0.0950. The van der Waals surface area contributed by atoms with Gasteiger partial charge in [-0.05, 0) is 19.1 Å². The topological polar surface area (TPSA) is 81.2 Å². The first kappa shape index (κ1) is 13.3. The molecule has 0 aliphatic rings. The Morgan fingerprint density at radius 3 is 3.11 bits per heavy atom. The van der Waals surface area contributed by atoms with E-state index >= 15 is 0 Å². The summed E-state index contributed by atoms with van der Waals surface area (Å²) in [5, 5.41) is 6.38. The van der Waals surface area contributed by atoms with E-state index in [1.54, 1.807) is 6.92 Å². The lowest BCUT2D eigenvalue weighted by Crippen LogP contribution is -2.22. The van der Waals surface area contributed by atoms with Crippen LogP contribution in [0.4, 0.5) is 0 Å². The van der Waals surface area contributed by atoms with Crippen molar-refractivity contribution in [1.29, 1.82) is 0 Å². The molecule has 3 N–H and O–H groups in total. The van der Waals surface area contributed by atoms with Crippen LogP contribution in [0.2, 0.25) is 0 Å². The van der Waals surface area contributed by atoms with Gasteiger partial charge < -0.3 is 15.6 Å². The SMILES string of the molecule is Cc1oncc1C(=O)NCc1ccc(C#CCN)s1. The van der Waals surface area contributed by atoms with Crippen molar-refractivity contribution in [3.8, 4) is 11.8 Å². The molecule has 0 aliphatic carbocycles. The molecule has 0 aliphatic heterocycles. The van der Waals surface area contributed by atoms with E-state index in [4.69, 9.17) is 10.3 Å². The van der Waals surface area contributed by atoms with Crippen LogP contribution in [0.5, 0.6) is 0 Å². The van der Waals surface area contributed by atoms with Crippen LogP contribution in [0.1, 0.15) is 25.9 Å². The summed E-state index contributed by atoms with van der Waals surface area (Å²) in [4.78, 5) is 13.8. The fraction of sp³-hybridized carbons (Fsp3) is 0.231. The predicted molar refractivity (Wildman–Crippen MR) is 72.7 cm³/mol. The predicted octanol–water partition coefficient (Wildman–Crippen LogP) is 1.28. The van der Waals surface area contributed by atoms with E-state index in [2.05, 4.69) is 22.3 Å². The van der Waals surface area contributed by atoms with Crippen molar-refractivity contribution < 1.29 is 9.32 Å². The number of aromatic nitrogens is 1. The van der Waals surface area contributed by atoms with Crippen molar-refractivity contribution in [3.63, 3.8) is 0 Å². The Morgan fingerprint density at radius 1 is 1.58 bits per heavy atom. The zero-order chi connectivity index (χ0) is 13.7. The molecule has 98 valence electrons. The van der Waals surface area contributed by atoms with Crippen molar-refractivity contribution in [1.82, 2.24) is 10.5 Å². The van der Waals surface area contributed by atoms with Gasteiger partial charge in [-0.15, -0.1) is 11.3 Å². The number of rotatable bonds is 3. The molecule has 0 spiro atoms. The summed E-state index contributed by atoms with van der Waals surface area (Å²) < 4.78 is 4.85. The molecule has 1 amide bonds. The Hall–Kier alpha value is -2.10. The summed E-state index contributed by atoms with van der Waals surface area (Å²) in [6.45, 7) is 2.50. The van der Waals surface area contributed by atoms with Gasteiger partial charge in [0.15, 0.2) is 0 Å². The Labute approximate surface area is 114 Å². The molecule has 2 rings (SSSR count). The lowest BCUT2D eigenvalue weighted by Gasteiger charge is -2.00. The summed E-state index contributed by atoms with van der Waals surface area (Å²) >= 11 is 1.53. The second-order valence-corrected chi connectivity index (χ2v) is 4.92. The fourth-order valence-corrected chi connectivity index (χ4v) is 2.28. The summed E-state index contributed by atoms with van der Waals surface area (Å²) in [5.41, 5.74) is 5.77. The molecule has 0 atom stereocenters. The molecule has 2 aromatic rings. The highest BCUT2D eigenvalue weighted by Crippen LogP contribution is 2.15. The molecule has 2 heterocycles. The number of hydrogen-bond acceptors (Lipinski definition) is 5. The van der Waals surface area contributed by atoms with Gasteiger partial charge in [-0.3, -0.25) is 4.79 Å². The second-order valence-electron chi connectivity index (χ2n) is 3.75. The summed E-state index contributed by atoms with van der Waals surface area (Å²) in [6.07, 6.45) is 1.41. The molecule has 2 aromatic heterocycles. The van der Waals surface area contributed by atoms with Crippen molar-refractivity contribution in [3.05, 3.63) is 39.4 Å². The van der Waals surface area contributed by atoms with Crippen LogP contribution in [0.25, 0.3) is 0 Å². The maximum absolute atomic E-state index is 11.8. The van der Waals surface area contributed by atoms with Crippen LogP contribution in [0.15, 0.2) is 22.9 Å². The fourth-order valence-electron chi connectivity index (χ4n) is 1.46. The number of amides is 1. The van der Waals surface area contributed by atoms with Gasteiger partial charge in [0.25, 0.3) is 5.91 Å². The Balaban J connectivity index is 1.94. The first-order chi connectivity index (χ1) is 9.20. The minimum Gasteiger partial charge on any atom is -0.361 e. The van der Waals surface area contributed by atoms with E-state index in [1.807, 2.05) is 12.1 Å². The van der Waals surface area contributed by atoms with E-state index < -0.39 is 0 Å². The van der Waals surface area contributed by atoms with E-state index in [9.17, 15) is 4.79 Å². The largest absolute Gasteiger partial charge is 0.361 e. The molecule has 0 saturated carbocycles. The summed E-state index contributed by atoms with van der Waals surface area (Å²) in [5.74, 6) is 6.07. The minimum absolute atomic E-state index is 0.193. The van der Waals surface area contributed by atoms with Crippen LogP contribution in [-0.2, 0) is 6.54 Å². The summed E-state index contributed by atoms with van der Waals surface area (Å²) in [7, 11) is 0. The molecule has 19 heavy (non-hydrogen) atoms. The van der Waals surface area contributed by atoms with Crippen molar-refractivity contribution >= 4 is 17.2 Å². The van der Waals surface area contributed by atoms with Gasteiger partial charge in [0.2, 0.25) is 0 Å². The first-order valence-corrected chi connectivity index (χ1v) is 6.49. The number of nitrogens with zero attached hydrogens (tertiary/aromatic N) is 1. The zero-order valence-corrected chi connectivity index (χ0v) is 11.2. The number of carbonyl (C=O) groups is 1. The number of nitrogens with one attached hydrogen (secondary N) is 1. The van der Waals surface area contributed by atoms with Crippen molar-refractivity contribution in [2.75, 3.05) is 6.54 Å². The van der Waals surface area contributed by atoms with Gasteiger partial charge in [0, 0.05) is 4.88 Å². The molecule has 6 heteroatoms. The molecule has 0 aromatic carbocycles. The summed E-state index contributed by atoms with van der Waals surface area (Å²) in [6, 6.07) is 3.85. The number of thiophene rings is 1. The molecule has 5 nitrogen and oxygen atoms in total. The van der Waals surface area contributed by atoms with Gasteiger partial charge in [0.05, 0.1) is 24.2 Å². The third-order valence-electron chi connectivity index (χ3n) is 2.39. The number of hydrogen-bond donors (Lipinski definition) is 2. The minimum atomic E-state index is -0.193. The Bertz CT molecular complexity index is 634. The normalized spacial score (nSPS) is 9.79. The Morgan fingerprint density at radius 2 is 2.42 bits per heavy atom. The van der Waals surface area contributed by atoms with Crippen molar-refractivity contribution in [2.24, 2.45) is 5.73 Å². The molecule has 0 fully saturated rings. The number of carbonyl (C=O) groups excluding carboxylic acids is 1. The highest BCUT2D eigenvalue weighted by Gasteiger charge is 2.12. The van der Waals surface area contributed by atoms with E-state index in [-0.39, 0.29) is 5.91 Å². The van der Waals surface area contributed by atoms with Crippen LogP contribution >= 0.6 is 11.3 Å². The molecular formula is C13H13N3O2S. The maximum atomic E-state index is 11.8. The molecule has 0 bridgehead atoms. The van der Waals surface area contributed by atoms with E-state index in [0.29, 0.717) is 24.4 Å². The van der Waals surface area contributed by atoms with Crippen molar-refractivity contribution in [2.45, 2.75) is 13.5 Å². The third-order valence-corrected chi connectivity index (χ3v) is 3.39. The second kappa shape index (κ2) is 6.18. The third kappa shape index (κ3) is 3.44. The van der Waals surface area contributed by atoms with Gasteiger partial charge in [0.1, 0.15) is 11.3 Å². The monoisotopic (exact) mass is 275 g/mol. The average molecular weight is 275 g/mol. The van der Waals surface area contributed by atoms with Gasteiger partial charge in [-0.1, -0.05) is 17.0 Å². The quantitative estimate of drug-likeness (QED) is 0.827. The van der Waals surface area contributed by atoms with Crippen LogP contribution in [0, 0.1) is 18.8 Å². The van der Waals surface area contributed by atoms with E-state index in [1.165, 1.54) is 17.5 Å². The molecule has 0 unspecified atom stereocenters. The smallest absolute Gasteiger partial charge is 0.256 e. The van der Waals surface area contributed by atoms with Gasteiger partial charge in [-0.2, -0.15) is 0 Å². The van der Waals surface area contributed by atoms with Gasteiger partial charge >= 0.3 is 0 Å². The molecular weight excluding hydrogens is 262 g/mol. The molecule has 0 radical (unpaired) electrons. The Kier molecular flexibility index (Phi) is 4.34. The van der Waals surface area contributed by atoms with E-state index in [0.717, 1.165) is 9.75 Å². The number of nitrogens with two attached hydrogens (primary N) is 1. The zero-order valence-electron chi connectivity index (χ0n) is 10.4. The van der Waals surface area contributed by atoms with Crippen LogP contribution in [-0.4, -0.2) is 17.6 Å². The van der Waals surface area contributed by atoms with Crippen LogP contribution < -0.4 is 11.1 Å².